The lowest BCUT2D eigenvalue weighted by Gasteiger charge is -2.07. The highest BCUT2D eigenvalue weighted by Crippen LogP contribution is 1.96. The average Bonchev–Trinajstić information content (AvgIpc) is 2.44. The Morgan fingerprint density at radius 2 is 1.26 bits per heavy atom. The minimum atomic E-state index is -1.17. The molecule has 0 saturated heterocycles. The molecule has 0 heterocycles. The van der Waals surface area contributed by atoms with E-state index >= 15 is 0 Å². The maximum absolute atomic E-state index is 10.0. The molecule has 0 aromatic rings. The zero-order valence-electron chi connectivity index (χ0n) is 13.0. The van der Waals surface area contributed by atoms with Crippen molar-refractivity contribution in [3.63, 3.8) is 0 Å². The summed E-state index contributed by atoms with van der Waals surface area (Å²) < 4.78 is 0. The van der Waals surface area contributed by atoms with Crippen molar-refractivity contribution in [1.29, 1.82) is 0 Å². The summed E-state index contributed by atoms with van der Waals surface area (Å²) in [6.45, 7) is 3.28. The van der Waals surface area contributed by atoms with Crippen molar-refractivity contribution in [3.8, 4) is 0 Å². The smallest absolute Gasteiger partial charge is 0.320 e. The Bertz CT molecular complexity index is 387. The average molecular weight is 339 g/mol. The predicted octanol–water partition coefficient (Wildman–Crippen LogP) is -1.65. The van der Waals surface area contributed by atoms with Crippen LogP contribution in [0.15, 0.2) is 0 Å². The third kappa shape index (κ3) is 22.2. The first kappa shape index (κ1) is 25.7. The van der Waals surface area contributed by atoms with Crippen LogP contribution in [0.5, 0.6) is 0 Å². The number of hydrogen-bond donors (Lipinski definition) is 7. The molecule has 11 nitrogen and oxygen atoms in total. The van der Waals surface area contributed by atoms with E-state index < -0.39 is 36.0 Å². The van der Waals surface area contributed by atoms with Gasteiger partial charge in [-0.15, -0.1) is 0 Å². The van der Waals surface area contributed by atoms with Crippen molar-refractivity contribution >= 4 is 23.9 Å². The topological polar surface area (TPSA) is 227 Å². The minimum absolute atomic E-state index is 0.0208. The molecular formula is C12H25N3O8. The lowest BCUT2D eigenvalue weighted by molar-refractivity contribution is -0.141. The zero-order valence-corrected chi connectivity index (χ0v) is 13.0. The molecule has 2 atom stereocenters. The molecule has 136 valence electrons. The fourth-order valence-electron chi connectivity index (χ4n) is 0.688. The first-order valence-corrected chi connectivity index (χ1v) is 6.47. The van der Waals surface area contributed by atoms with E-state index in [1.54, 1.807) is 13.8 Å². The Hall–Kier alpha value is -2.24. The van der Waals surface area contributed by atoms with Crippen molar-refractivity contribution < 1.29 is 39.6 Å². The number of carbonyl (C=O) groups is 4. The monoisotopic (exact) mass is 339 g/mol. The Morgan fingerprint density at radius 3 is 1.39 bits per heavy atom. The highest BCUT2D eigenvalue weighted by atomic mass is 16.4. The zero-order chi connectivity index (χ0) is 19.2. The molecule has 0 radical (unpaired) electrons. The lowest BCUT2D eigenvalue weighted by Crippen LogP contribution is -2.34. The van der Waals surface area contributed by atoms with E-state index in [0.29, 0.717) is 0 Å². The first-order valence-electron chi connectivity index (χ1n) is 6.47. The van der Waals surface area contributed by atoms with Gasteiger partial charge >= 0.3 is 23.9 Å². The van der Waals surface area contributed by atoms with Gasteiger partial charge in [0.05, 0.1) is 6.54 Å². The van der Waals surface area contributed by atoms with Gasteiger partial charge in [-0.1, -0.05) is 13.8 Å². The molecular weight excluding hydrogens is 314 g/mol. The second-order valence-electron chi connectivity index (χ2n) is 4.58. The van der Waals surface area contributed by atoms with Crippen LogP contribution in [0.2, 0.25) is 0 Å². The molecule has 0 fully saturated rings. The van der Waals surface area contributed by atoms with Gasteiger partial charge in [0.15, 0.2) is 0 Å². The van der Waals surface area contributed by atoms with Crippen molar-refractivity contribution in [1.82, 2.24) is 0 Å². The van der Waals surface area contributed by atoms with E-state index in [2.05, 4.69) is 5.73 Å². The fourth-order valence-corrected chi connectivity index (χ4v) is 0.688. The summed E-state index contributed by atoms with van der Waals surface area (Å²) in [5.74, 6) is -4.07. The van der Waals surface area contributed by atoms with Crippen molar-refractivity contribution in [2.75, 3.05) is 6.54 Å². The summed E-state index contributed by atoms with van der Waals surface area (Å²) in [4.78, 5) is 39.1. The van der Waals surface area contributed by atoms with Gasteiger partial charge < -0.3 is 37.6 Å². The SMILES string of the molecule is CC(C)[C@H](N)C(=O)O.NCC(=O)O.N[C@@H](CCC(=O)O)C(=O)O. The second kappa shape index (κ2) is 14.7. The maximum atomic E-state index is 10.0. The molecule has 0 spiro atoms. The summed E-state index contributed by atoms with van der Waals surface area (Å²) in [5, 5.41) is 32.1. The Kier molecular flexibility index (Phi) is 16.4. The molecule has 0 unspecified atom stereocenters. The van der Waals surface area contributed by atoms with E-state index in [0.717, 1.165) is 0 Å². The molecule has 0 aromatic heterocycles. The molecule has 0 aromatic carbocycles. The number of carboxylic acids is 4. The molecule has 0 aliphatic heterocycles. The van der Waals surface area contributed by atoms with E-state index in [1.165, 1.54) is 0 Å². The quantitative estimate of drug-likeness (QED) is 0.277. The Morgan fingerprint density at radius 1 is 0.870 bits per heavy atom. The normalized spacial score (nSPS) is 11.9. The largest absolute Gasteiger partial charge is 0.481 e. The summed E-state index contributed by atoms with van der Waals surface area (Å²) in [6.07, 6.45) is -0.224. The molecule has 0 bridgehead atoms. The summed E-state index contributed by atoms with van der Waals surface area (Å²) in [6, 6.07) is -1.77. The summed E-state index contributed by atoms with van der Waals surface area (Å²) >= 11 is 0. The van der Waals surface area contributed by atoms with Crippen LogP contribution in [0.4, 0.5) is 0 Å². The van der Waals surface area contributed by atoms with E-state index in [-0.39, 0.29) is 25.3 Å². The highest BCUT2D eigenvalue weighted by molar-refractivity contribution is 5.74. The third-order valence-electron chi connectivity index (χ3n) is 2.16. The van der Waals surface area contributed by atoms with Gasteiger partial charge in [0.2, 0.25) is 0 Å². The van der Waals surface area contributed by atoms with Gasteiger partial charge in [0.1, 0.15) is 12.1 Å². The fraction of sp³-hybridized carbons (Fsp3) is 0.667. The van der Waals surface area contributed by atoms with E-state index in [1.807, 2.05) is 0 Å². The highest BCUT2D eigenvalue weighted by Gasteiger charge is 2.14. The number of nitrogens with two attached hydrogens (primary N) is 3. The molecule has 0 aliphatic carbocycles. The van der Waals surface area contributed by atoms with Crippen LogP contribution in [-0.4, -0.2) is 62.9 Å². The summed E-state index contributed by atoms with van der Waals surface area (Å²) in [5.41, 5.74) is 14.7. The van der Waals surface area contributed by atoms with Gasteiger partial charge in [0.25, 0.3) is 0 Å². The van der Waals surface area contributed by atoms with Crippen LogP contribution < -0.4 is 17.2 Å². The van der Waals surface area contributed by atoms with Crippen molar-refractivity contribution in [3.05, 3.63) is 0 Å². The molecule has 0 rings (SSSR count). The van der Waals surface area contributed by atoms with Crippen LogP contribution in [0.25, 0.3) is 0 Å². The number of carboxylic acid groups (broad SMARTS) is 4. The molecule has 0 amide bonds. The van der Waals surface area contributed by atoms with Gasteiger partial charge in [-0.05, 0) is 12.3 Å². The first-order chi connectivity index (χ1) is 10.4. The van der Waals surface area contributed by atoms with Crippen LogP contribution in [0, 0.1) is 5.92 Å². The van der Waals surface area contributed by atoms with Crippen molar-refractivity contribution in [2.24, 2.45) is 23.1 Å². The lowest BCUT2D eigenvalue weighted by atomic mass is 10.1. The number of aliphatic carboxylic acids is 4. The van der Waals surface area contributed by atoms with E-state index in [9.17, 15) is 19.2 Å². The van der Waals surface area contributed by atoms with Crippen molar-refractivity contribution in [2.45, 2.75) is 38.8 Å². The molecule has 23 heavy (non-hydrogen) atoms. The molecule has 0 aliphatic rings. The van der Waals surface area contributed by atoms with Crippen LogP contribution in [-0.2, 0) is 19.2 Å². The maximum Gasteiger partial charge on any atom is 0.320 e. The molecule has 10 N–H and O–H groups in total. The second-order valence-corrected chi connectivity index (χ2v) is 4.58. The predicted molar refractivity (Wildman–Crippen MR) is 79.6 cm³/mol. The Labute approximate surface area is 133 Å². The van der Waals surface area contributed by atoms with Gasteiger partial charge in [-0.2, -0.15) is 0 Å². The molecule has 11 heteroatoms. The van der Waals surface area contributed by atoms with Crippen LogP contribution in [0.1, 0.15) is 26.7 Å². The minimum Gasteiger partial charge on any atom is -0.481 e. The van der Waals surface area contributed by atoms with Gasteiger partial charge in [0, 0.05) is 6.42 Å². The number of rotatable bonds is 7. The van der Waals surface area contributed by atoms with Crippen LogP contribution >= 0.6 is 0 Å². The number of hydrogen-bond acceptors (Lipinski definition) is 7. The van der Waals surface area contributed by atoms with Crippen LogP contribution in [0.3, 0.4) is 0 Å². The Balaban J connectivity index is -0.000000276. The van der Waals surface area contributed by atoms with E-state index in [4.69, 9.17) is 31.9 Å². The molecule has 0 saturated carbocycles. The van der Waals surface area contributed by atoms with Gasteiger partial charge in [-0.25, -0.2) is 0 Å². The standard InChI is InChI=1S/C5H9NO4.C5H11NO2.C2H5NO2/c6-3(5(9)10)1-2-4(7)8;1-3(2)4(6)5(7)8;3-1-2(4)5/h3H,1-2,6H2,(H,7,8)(H,9,10);3-4H,6H2,1-2H3,(H,7,8);1,3H2,(H,4,5)/t3-;4-;/m00./s1. The third-order valence-corrected chi connectivity index (χ3v) is 2.16. The summed E-state index contributed by atoms with van der Waals surface area (Å²) in [7, 11) is 0. The van der Waals surface area contributed by atoms with Gasteiger partial charge in [-0.3, -0.25) is 19.2 Å².